The van der Waals surface area contributed by atoms with Crippen LogP contribution in [0.4, 0.5) is 5.69 Å². The van der Waals surface area contributed by atoms with E-state index in [0.717, 1.165) is 5.56 Å². The number of benzene rings is 3. The molecule has 0 saturated carbocycles. The molecule has 29 heavy (non-hydrogen) atoms. The maximum atomic E-state index is 12.4. The highest BCUT2D eigenvalue weighted by molar-refractivity contribution is 8.13. The topological polar surface area (TPSA) is 96.9 Å². The highest BCUT2D eigenvalue weighted by Crippen LogP contribution is 2.16. The van der Waals surface area contributed by atoms with Gasteiger partial charge in [0.25, 0.3) is 10.0 Å². The molecule has 3 aromatic rings. The van der Waals surface area contributed by atoms with Crippen molar-refractivity contribution in [3.63, 3.8) is 0 Å². The minimum atomic E-state index is -3.64. The summed E-state index contributed by atoms with van der Waals surface area (Å²) < 4.78 is 27.4. The Kier molecular flexibility index (Phi) is 7.04. The van der Waals surface area contributed by atoms with E-state index in [2.05, 4.69) is 14.9 Å². The zero-order chi connectivity index (χ0) is 20.5. The molecule has 0 bridgehead atoms. The maximum absolute atomic E-state index is 12.4. The van der Waals surface area contributed by atoms with Gasteiger partial charge in [0.15, 0.2) is 5.17 Å². The molecule has 0 aromatic heterocycles. The van der Waals surface area contributed by atoms with Crippen LogP contribution in [0, 0.1) is 0 Å². The van der Waals surface area contributed by atoms with Gasteiger partial charge >= 0.3 is 0 Å². The molecule has 0 fully saturated rings. The summed E-state index contributed by atoms with van der Waals surface area (Å²) in [6, 6.07) is 25.0. The Morgan fingerprint density at radius 3 is 2.38 bits per heavy atom. The summed E-state index contributed by atoms with van der Waals surface area (Å²) in [7, 11) is -3.64. The summed E-state index contributed by atoms with van der Waals surface area (Å²) in [6.07, 6.45) is 1.52. The van der Waals surface area contributed by atoms with Gasteiger partial charge in [0.05, 0.1) is 11.1 Å². The smallest absolute Gasteiger partial charge is 0.261 e. The number of hydrogen-bond donors (Lipinski definition) is 2. The van der Waals surface area contributed by atoms with Crippen LogP contribution in [0.2, 0.25) is 0 Å². The summed E-state index contributed by atoms with van der Waals surface area (Å²) in [5.41, 5.74) is 8.16. The van der Waals surface area contributed by atoms with Crippen LogP contribution >= 0.6 is 11.8 Å². The van der Waals surface area contributed by atoms with Crippen molar-refractivity contribution >= 4 is 38.9 Å². The lowest BCUT2D eigenvalue weighted by Crippen LogP contribution is -2.12. The Labute approximate surface area is 174 Å². The third kappa shape index (κ3) is 6.48. The van der Waals surface area contributed by atoms with Crippen LogP contribution in [-0.4, -0.2) is 19.8 Å². The average Bonchev–Trinajstić information content (AvgIpc) is 2.74. The first-order valence-corrected chi connectivity index (χ1v) is 11.2. The van der Waals surface area contributed by atoms with Gasteiger partial charge in [0.2, 0.25) is 0 Å². The Morgan fingerprint density at radius 2 is 1.66 bits per heavy atom. The molecule has 6 nitrogen and oxygen atoms in total. The van der Waals surface area contributed by atoms with E-state index in [0.29, 0.717) is 22.2 Å². The number of anilines is 1. The highest BCUT2D eigenvalue weighted by Gasteiger charge is 2.13. The number of sulfonamides is 1. The van der Waals surface area contributed by atoms with Crippen molar-refractivity contribution in [2.45, 2.75) is 10.6 Å². The van der Waals surface area contributed by atoms with E-state index in [4.69, 9.17) is 5.73 Å². The normalized spacial score (nSPS) is 12.2. The second kappa shape index (κ2) is 9.90. The summed E-state index contributed by atoms with van der Waals surface area (Å²) in [5.74, 6) is 0.711. The molecule has 3 rings (SSSR count). The molecule has 0 amide bonds. The maximum Gasteiger partial charge on any atom is 0.261 e. The first-order chi connectivity index (χ1) is 14.0. The zero-order valence-corrected chi connectivity index (χ0v) is 17.1. The molecule has 0 atom stereocenters. The zero-order valence-electron chi connectivity index (χ0n) is 15.5. The molecule has 3 N–H and O–H groups in total. The summed E-state index contributed by atoms with van der Waals surface area (Å²) in [4.78, 5) is 0.201. The van der Waals surface area contributed by atoms with Crippen molar-refractivity contribution in [2.24, 2.45) is 15.9 Å². The molecular formula is C21H20N4O2S2. The van der Waals surface area contributed by atoms with Crippen LogP contribution < -0.4 is 10.5 Å². The predicted molar refractivity (Wildman–Crippen MR) is 121 cm³/mol. The number of nitrogens with zero attached hydrogens (tertiary/aromatic N) is 2. The minimum absolute atomic E-state index is 0.201. The molecule has 0 aliphatic rings. The fourth-order valence-corrected chi connectivity index (χ4v) is 4.09. The van der Waals surface area contributed by atoms with E-state index < -0.39 is 10.0 Å². The Balaban J connectivity index is 1.62. The van der Waals surface area contributed by atoms with Crippen molar-refractivity contribution in [2.75, 3.05) is 4.72 Å². The van der Waals surface area contributed by atoms with E-state index in [-0.39, 0.29) is 4.90 Å². The van der Waals surface area contributed by atoms with Gasteiger partial charge in [-0.15, -0.1) is 5.10 Å². The molecular weight excluding hydrogens is 404 g/mol. The predicted octanol–water partition coefficient (Wildman–Crippen LogP) is 4.07. The van der Waals surface area contributed by atoms with Gasteiger partial charge in [-0.25, -0.2) is 8.42 Å². The van der Waals surface area contributed by atoms with Gasteiger partial charge < -0.3 is 5.73 Å². The Morgan fingerprint density at radius 1 is 0.966 bits per heavy atom. The number of nitrogens with two attached hydrogens (primary N) is 1. The minimum Gasteiger partial charge on any atom is -0.377 e. The van der Waals surface area contributed by atoms with Gasteiger partial charge in [-0.05, 0) is 35.4 Å². The van der Waals surface area contributed by atoms with Gasteiger partial charge in [0.1, 0.15) is 0 Å². The van der Waals surface area contributed by atoms with Gasteiger partial charge in [-0.1, -0.05) is 72.4 Å². The van der Waals surface area contributed by atoms with E-state index >= 15 is 0 Å². The summed E-state index contributed by atoms with van der Waals surface area (Å²) >= 11 is 1.40. The standard InChI is InChI=1S/C21H20N4O2S2/c22-21(28-16-17-8-3-1-4-9-17)24-23-15-18-10-7-11-19(14-18)25-29(26,27)20-12-5-2-6-13-20/h1-15,25H,16H2,(H2,22,24). The van der Waals surface area contributed by atoms with Crippen LogP contribution in [0.5, 0.6) is 0 Å². The molecule has 0 radical (unpaired) electrons. The first-order valence-electron chi connectivity index (χ1n) is 8.74. The fraction of sp³-hybridized carbons (Fsp3) is 0.0476. The van der Waals surface area contributed by atoms with Crippen LogP contribution in [0.3, 0.4) is 0 Å². The van der Waals surface area contributed by atoms with E-state index in [1.54, 1.807) is 42.5 Å². The lowest BCUT2D eigenvalue weighted by atomic mass is 10.2. The van der Waals surface area contributed by atoms with E-state index in [1.807, 2.05) is 30.3 Å². The second-order valence-corrected chi connectivity index (χ2v) is 8.68. The van der Waals surface area contributed by atoms with Crippen LogP contribution in [0.25, 0.3) is 0 Å². The number of hydrogen-bond acceptors (Lipinski definition) is 5. The SMILES string of the molecule is NC(=NN=Cc1cccc(NS(=O)(=O)c2ccccc2)c1)SCc1ccccc1. The average molecular weight is 425 g/mol. The Hall–Kier alpha value is -3.10. The summed E-state index contributed by atoms with van der Waals surface area (Å²) in [5, 5.41) is 8.32. The lowest BCUT2D eigenvalue weighted by molar-refractivity contribution is 0.601. The van der Waals surface area contributed by atoms with Gasteiger partial charge in [-0.2, -0.15) is 5.10 Å². The van der Waals surface area contributed by atoms with Crippen LogP contribution in [0.1, 0.15) is 11.1 Å². The van der Waals surface area contributed by atoms with Gasteiger partial charge in [-0.3, -0.25) is 4.72 Å². The van der Waals surface area contributed by atoms with Crippen LogP contribution in [-0.2, 0) is 15.8 Å². The van der Waals surface area contributed by atoms with Crippen molar-refractivity contribution < 1.29 is 8.42 Å². The summed E-state index contributed by atoms with van der Waals surface area (Å²) in [6.45, 7) is 0. The molecule has 0 saturated heterocycles. The van der Waals surface area contributed by atoms with Gasteiger partial charge in [0, 0.05) is 11.4 Å². The molecule has 0 heterocycles. The molecule has 148 valence electrons. The van der Waals surface area contributed by atoms with Crippen LogP contribution in [0.15, 0.2) is 100 Å². The van der Waals surface area contributed by atoms with E-state index in [1.165, 1.54) is 30.1 Å². The number of amidine groups is 1. The monoisotopic (exact) mass is 424 g/mol. The quantitative estimate of drug-likeness (QED) is 0.339. The number of nitrogens with one attached hydrogen (secondary N) is 1. The van der Waals surface area contributed by atoms with Crippen molar-refractivity contribution in [1.29, 1.82) is 0 Å². The van der Waals surface area contributed by atoms with Crippen molar-refractivity contribution in [3.05, 3.63) is 96.1 Å². The molecule has 3 aromatic carbocycles. The van der Waals surface area contributed by atoms with Crippen molar-refractivity contribution in [1.82, 2.24) is 0 Å². The third-order valence-electron chi connectivity index (χ3n) is 3.78. The number of thioether (sulfide) groups is 1. The second-order valence-electron chi connectivity index (χ2n) is 6.00. The Bertz CT molecular complexity index is 1100. The molecule has 0 aliphatic carbocycles. The molecule has 0 aliphatic heterocycles. The number of rotatable bonds is 7. The molecule has 0 unspecified atom stereocenters. The third-order valence-corrected chi connectivity index (χ3v) is 6.04. The lowest BCUT2D eigenvalue weighted by Gasteiger charge is -2.08. The highest BCUT2D eigenvalue weighted by atomic mass is 32.2. The van der Waals surface area contributed by atoms with E-state index in [9.17, 15) is 8.42 Å². The first kappa shape index (κ1) is 20.6. The van der Waals surface area contributed by atoms with Crippen molar-refractivity contribution in [3.8, 4) is 0 Å². The molecule has 0 spiro atoms. The largest absolute Gasteiger partial charge is 0.377 e. The molecule has 8 heteroatoms. The fourth-order valence-electron chi connectivity index (χ4n) is 2.41.